The second-order valence-electron chi connectivity index (χ2n) is 9.48. The summed E-state index contributed by atoms with van der Waals surface area (Å²) in [6, 6.07) is 5.55. The van der Waals surface area contributed by atoms with E-state index in [9.17, 15) is 14.4 Å². The molecule has 1 aliphatic carbocycles. The van der Waals surface area contributed by atoms with Gasteiger partial charge in [0, 0.05) is 48.7 Å². The summed E-state index contributed by atoms with van der Waals surface area (Å²) in [4.78, 5) is 43.9. The third kappa shape index (κ3) is 4.58. The molecule has 3 heterocycles. The average molecular weight is 484 g/mol. The Bertz CT molecular complexity index is 1150. The van der Waals surface area contributed by atoms with E-state index < -0.39 is 5.43 Å². The number of pyridine rings is 1. The molecule has 0 radical (unpaired) electrons. The van der Waals surface area contributed by atoms with Crippen LogP contribution in [0.3, 0.4) is 0 Å². The highest BCUT2D eigenvalue weighted by Gasteiger charge is 2.29. The lowest BCUT2D eigenvalue weighted by molar-refractivity contribution is 0.0720. The smallest absolute Gasteiger partial charge is 0.259 e. The molecule has 1 aromatic heterocycles. The van der Waals surface area contributed by atoms with Crippen molar-refractivity contribution in [1.82, 2.24) is 14.4 Å². The van der Waals surface area contributed by atoms with Gasteiger partial charge in [-0.25, -0.2) is 0 Å². The summed E-state index contributed by atoms with van der Waals surface area (Å²) in [5.74, 6) is 0.0565. The molecule has 5 rings (SSSR count). The number of nitrogens with zero attached hydrogens (tertiary/aromatic N) is 3. The van der Waals surface area contributed by atoms with Crippen LogP contribution in [-0.2, 0) is 6.54 Å². The van der Waals surface area contributed by atoms with Crippen molar-refractivity contribution in [2.24, 2.45) is 0 Å². The van der Waals surface area contributed by atoms with Gasteiger partial charge in [0.05, 0.1) is 6.54 Å². The molecule has 7 nitrogen and oxygen atoms in total. The van der Waals surface area contributed by atoms with Gasteiger partial charge in [-0.15, -0.1) is 0 Å². The minimum atomic E-state index is -0.480. The van der Waals surface area contributed by atoms with E-state index in [0.717, 1.165) is 50.5 Å². The first kappa shape index (κ1) is 23.0. The van der Waals surface area contributed by atoms with E-state index in [1.54, 1.807) is 40.4 Å². The van der Waals surface area contributed by atoms with Crippen LogP contribution in [0.1, 0.15) is 77.3 Å². The number of rotatable bonds is 3. The van der Waals surface area contributed by atoms with Crippen LogP contribution in [0.2, 0.25) is 5.02 Å². The van der Waals surface area contributed by atoms with Crippen molar-refractivity contribution in [1.29, 1.82) is 0 Å². The number of carbonyl (C=O) groups is 2. The van der Waals surface area contributed by atoms with Crippen LogP contribution in [0.25, 0.3) is 0 Å². The third-order valence-electron chi connectivity index (χ3n) is 7.19. The first-order chi connectivity index (χ1) is 16.5. The largest absolute Gasteiger partial charge is 0.491 e. The first-order valence-electron chi connectivity index (χ1n) is 12.3. The van der Waals surface area contributed by atoms with Crippen LogP contribution < -0.4 is 10.2 Å². The maximum absolute atomic E-state index is 13.7. The highest BCUT2D eigenvalue weighted by molar-refractivity contribution is 6.30. The average Bonchev–Trinajstić information content (AvgIpc) is 3.31. The standard InChI is InChI=1S/C26H30ClN3O4/c27-19-8-9-23-18(14-19)15-29(12-13-34-23)26(33)22-17-30(20-6-2-3-7-20)16-21(24(22)31)25(32)28-10-4-1-5-11-28/h8-9,14,16-17,20H,1-7,10-13,15H2. The molecular formula is C26H30ClN3O4. The van der Waals surface area contributed by atoms with Crippen LogP contribution in [0, 0.1) is 0 Å². The van der Waals surface area contributed by atoms with Crippen molar-refractivity contribution in [2.75, 3.05) is 26.2 Å². The van der Waals surface area contributed by atoms with Crippen molar-refractivity contribution in [3.63, 3.8) is 0 Å². The van der Waals surface area contributed by atoms with Crippen LogP contribution in [0.5, 0.6) is 5.75 Å². The molecule has 8 heteroatoms. The molecule has 0 spiro atoms. The molecule has 1 saturated heterocycles. The van der Waals surface area contributed by atoms with Crippen molar-refractivity contribution < 1.29 is 14.3 Å². The summed E-state index contributed by atoms with van der Waals surface area (Å²) in [6.45, 7) is 2.27. The maximum Gasteiger partial charge on any atom is 0.259 e. The van der Waals surface area contributed by atoms with Gasteiger partial charge in [-0.2, -0.15) is 0 Å². The van der Waals surface area contributed by atoms with E-state index >= 15 is 0 Å². The van der Waals surface area contributed by atoms with E-state index in [0.29, 0.717) is 43.6 Å². The Hall–Kier alpha value is -2.80. The molecule has 2 aromatic rings. The van der Waals surface area contributed by atoms with E-state index in [1.807, 2.05) is 4.57 Å². The minimum absolute atomic E-state index is 0.0558. The van der Waals surface area contributed by atoms with Gasteiger partial charge in [-0.3, -0.25) is 14.4 Å². The molecule has 3 aliphatic rings. The Morgan fingerprint density at radius 3 is 2.26 bits per heavy atom. The van der Waals surface area contributed by atoms with E-state index in [4.69, 9.17) is 16.3 Å². The van der Waals surface area contributed by atoms with Crippen molar-refractivity contribution in [2.45, 2.75) is 57.5 Å². The summed E-state index contributed by atoms with van der Waals surface area (Å²) in [5.41, 5.74) is 0.482. The second-order valence-corrected chi connectivity index (χ2v) is 9.92. The number of likely N-dealkylation sites (tertiary alicyclic amines) is 1. The van der Waals surface area contributed by atoms with Gasteiger partial charge in [0.2, 0.25) is 5.43 Å². The Morgan fingerprint density at radius 1 is 0.882 bits per heavy atom. The van der Waals surface area contributed by atoms with Gasteiger partial charge in [-0.1, -0.05) is 24.4 Å². The lowest BCUT2D eigenvalue weighted by Gasteiger charge is -2.27. The van der Waals surface area contributed by atoms with Crippen molar-refractivity contribution >= 4 is 23.4 Å². The quantitative estimate of drug-likeness (QED) is 0.653. The van der Waals surface area contributed by atoms with Gasteiger partial charge >= 0.3 is 0 Å². The lowest BCUT2D eigenvalue weighted by atomic mass is 10.1. The highest BCUT2D eigenvalue weighted by Crippen LogP contribution is 2.30. The monoisotopic (exact) mass is 483 g/mol. The van der Waals surface area contributed by atoms with E-state index in [-0.39, 0.29) is 29.0 Å². The molecule has 2 amide bonds. The predicted molar refractivity (Wildman–Crippen MR) is 130 cm³/mol. The van der Waals surface area contributed by atoms with Gasteiger partial charge in [0.15, 0.2) is 0 Å². The molecule has 34 heavy (non-hydrogen) atoms. The van der Waals surface area contributed by atoms with Crippen molar-refractivity contribution in [3.05, 3.63) is 62.5 Å². The normalized spacial score (nSPS) is 18.9. The molecule has 0 N–H and O–H groups in total. The summed E-state index contributed by atoms with van der Waals surface area (Å²) >= 11 is 6.17. The molecule has 180 valence electrons. The number of hydrogen-bond donors (Lipinski definition) is 0. The topological polar surface area (TPSA) is 71.9 Å². The number of piperidine rings is 1. The van der Waals surface area contributed by atoms with Crippen LogP contribution in [-0.4, -0.2) is 52.4 Å². The summed E-state index contributed by atoms with van der Waals surface area (Å²) in [5, 5.41) is 0.564. The summed E-state index contributed by atoms with van der Waals surface area (Å²) < 4.78 is 7.74. The summed E-state index contributed by atoms with van der Waals surface area (Å²) in [6.07, 6.45) is 10.5. The molecule has 1 aromatic carbocycles. The zero-order valence-corrected chi connectivity index (χ0v) is 20.1. The third-order valence-corrected chi connectivity index (χ3v) is 7.42. The second kappa shape index (κ2) is 9.82. The minimum Gasteiger partial charge on any atom is -0.491 e. The fourth-order valence-electron chi connectivity index (χ4n) is 5.29. The first-order valence-corrected chi connectivity index (χ1v) is 12.6. The summed E-state index contributed by atoms with van der Waals surface area (Å²) in [7, 11) is 0. The Kier molecular flexibility index (Phi) is 6.63. The highest BCUT2D eigenvalue weighted by atomic mass is 35.5. The number of aromatic nitrogens is 1. The number of carbonyl (C=O) groups excluding carboxylic acids is 2. The van der Waals surface area contributed by atoms with Gasteiger partial charge < -0.3 is 19.1 Å². The number of halogens is 1. The molecule has 1 saturated carbocycles. The van der Waals surface area contributed by atoms with Crippen LogP contribution in [0.15, 0.2) is 35.4 Å². The zero-order valence-electron chi connectivity index (χ0n) is 19.3. The van der Waals surface area contributed by atoms with E-state index in [2.05, 4.69) is 0 Å². The van der Waals surface area contributed by atoms with Crippen LogP contribution in [0.4, 0.5) is 0 Å². The number of ether oxygens (including phenoxy) is 1. The number of amides is 2. The Labute approximate surface area is 204 Å². The van der Waals surface area contributed by atoms with Crippen LogP contribution >= 0.6 is 11.6 Å². The molecule has 0 atom stereocenters. The molecule has 0 bridgehead atoms. The number of benzene rings is 1. The molecule has 2 aliphatic heterocycles. The fraction of sp³-hybridized carbons (Fsp3) is 0.500. The number of hydrogen-bond acceptors (Lipinski definition) is 4. The van der Waals surface area contributed by atoms with Crippen molar-refractivity contribution in [3.8, 4) is 5.75 Å². The zero-order chi connectivity index (χ0) is 23.7. The Balaban J connectivity index is 1.51. The van der Waals surface area contributed by atoms with E-state index in [1.165, 1.54) is 0 Å². The lowest BCUT2D eigenvalue weighted by Crippen LogP contribution is -2.41. The fourth-order valence-corrected chi connectivity index (χ4v) is 5.48. The van der Waals surface area contributed by atoms with Gasteiger partial charge in [-0.05, 0) is 50.3 Å². The SMILES string of the molecule is O=C(c1cn(C2CCCC2)cc(C(=O)N2CCOc3ccc(Cl)cc3C2)c1=O)N1CCCCC1. The molecular weight excluding hydrogens is 454 g/mol. The Morgan fingerprint density at radius 2 is 1.56 bits per heavy atom. The molecule has 2 fully saturated rings. The number of fused-ring (bicyclic) bond motifs is 1. The van der Waals surface area contributed by atoms with Gasteiger partial charge in [0.1, 0.15) is 23.5 Å². The molecule has 0 unspecified atom stereocenters. The van der Waals surface area contributed by atoms with Gasteiger partial charge in [0.25, 0.3) is 11.8 Å². The predicted octanol–water partition coefficient (Wildman–Crippen LogP) is 4.28. The maximum atomic E-state index is 13.7.